The van der Waals surface area contributed by atoms with Crippen LogP contribution >= 0.6 is 11.6 Å². The van der Waals surface area contributed by atoms with Crippen molar-refractivity contribution in [3.05, 3.63) is 87.0 Å². The molecule has 186 valence electrons. The summed E-state index contributed by atoms with van der Waals surface area (Å²) in [5.41, 5.74) is -0.303. The normalized spacial score (nSPS) is 13.2. The molecule has 3 rings (SSSR count). The van der Waals surface area contributed by atoms with E-state index in [2.05, 4.69) is 0 Å². The van der Waals surface area contributed by atoms with Crippen LogP contribution in [0.25, 0.3) is 0 Å². The molecule has 0 saturated heterocycles. The molecule has 0 aliphatic carbocycles. The number of rotatable bonds is 8. The number of hydrogen-bond donors (Lipinski definition) is 1. The SMILES string of the molecule is C[C@H](c1ccc(Oc2ccc(F)c(OCC(=O)O)c2)cc1Cl)[C@@H](c1ccc(=O)n(C)c1)C(F)(F)F. The van der Waals surface area contributed by atoms with Gasteiger partial charge >= 0.3 is 12.1 Å². The van der Waals surface area contributed by atoms with Gasteiger partial charge in [-0.05, 0) is 41.3 Å². The van der Waals surface area contributed by atoms with Crippen molar-refractivity contribution in [3.8, 4) is 17.2 Å². The van der Waals surface area contributed by atoms with Crippen molar-refractivity contribution in [1.29, 1.82) is 0 Å². The van der Waals surface area contributed by atoms with Gasteiger partial charge in [-0.25, -0.2) is 9.18 Å². The summed E-state index contributed by atoms with van der Waals surface area (Å²) in [7, 11) is 1.37. The Labute approximate surface area is 202 Å². The quantitative estimate of drug-likeness (QED) is 0.380. The molecule has 0 aliphatic rings. The highest BCUT2D eigenvalue weighted by Gasteiger charge is 2.45. The summed E-state index contributed by atoms with van der Waals surface area (Å²) < 4.78 is 67.4. The monoisotopic (exact) mass is 513 g/mol. The third kappa shape index (κ3) is 6.33. The fourth-order valence-electron chi connectivity index (χ4n) is 3.61. The van der Waals surface area contributed by atoms with Gasteiger partial charge in [0.25, 0.3) is 0 Å². The molecular formula is C24H20ClF4NO5. The van der Waals surface area contributed by atoms with Crippen LogP contribution in [0.2, 0.25) is 5.02 Å². The molecule has 0 aliphatic heterocycles. The lowest BCUT2D eigenvalue weighted by Gasteiger charge is -2.28. The Morgan fingerprint density at radius 2 is 1.77 bits per heavy atom. The summed E-state index contributed by atoms with van der Waals surface area (Å²) in [6.45, 7) is 0.631. The van der Waals surface area contributed by atoms with Gasteiger partial charge in [-0.3, -0.25) is 4.79 Å². The maximum Gasteiger partial charge on any atom is 0.396 e. The molecule has 1 aromatic heterocycles. The van der Waals surface area contributed by atoms with Crippen LogP contribution in [0.15, 0.2) is 59.5 Å². The van der Waals surface area contributed by atoms with Gasteiger partial charge in [0.2, 0.25) is 5.56 Å². The Morgan fingerprint density at radius 1 is 1.11 bits per heavy atom. The van der Waals surface area contributed by atoms with Gasteiger partial charge in [0.1, 0.15) is 11.5 Å². The number of ether oxygens (including phenoxy) is 2. The molecule has 0 spiro atoms. The lowest BCUT2D eigenvalue weighted by Crippen LogP contribution is -2.28. The fraction of sp³-hybridized carbons (Fsp3) is 0.250. The largest absolute Gasteiger partial charge is 0.479 e. The minimum Gasteiger partial charge on any atom is -0.479 e. The smallest absolute Gasteiger partial charge is 0.396 e. The molecule has 3 aromatic rings. The van der Waals surface area contributed by atoms with Crippen molar-refractivity contribution in [3.63, 3.8) is 0 Å². The Morgan fingerprint density at radius 3 is 2.37 bits per heavy atom. The van der Waals surface area contributed by atoms with Crippen LogP contribution in [0, 0.1) is 5.82 Å². The van der Waals surface area contributed by atoms with Gasteiger partial charge in [-0.2, -0.15) is 13.2 Å². The molecular weight excluding hydrogens is 494 g/mol. The number of pyridine rings is 1. The van der Waals surface area contributed by atoms with Crippen LogP contribution in [0.1, 0.15) is 29.9 Å². The third-order valence-electron chi connectivity index (χ3n) is 5.27. The molecule has 0 fully saturated rings. The zero-order valence-corrected chi connectivity index (χ0v) is 19.2. The van der Waals surface area contributed by atoms with Crippen LogP contribution in [0.4, 0.5) is 17.6 Å². The minimum atomic E-state index is -4.62. The maximum absolute atomic E-state index is 14.0. The van der Waals surface area contributed by atoms with Crippen molar-refractivity contribution >= 4 is 17.6 Å². The van der Waals surface area contributed by atoms with Crippen molar-refractivity contribution in [2.24, 2.45) is 7.05 Å². The standard InChI is InChI=1S/C24H20ClF4NO5/c1-13(23(24(27,28)29)14-3-8-21(31)30(2)11-14)17-6-4-15(9-18(17)25)35-16-5-7-19(26)20(10-16)34-12-22(32)33/h3-11,13,23H,12H2,1-2H3,(H,32,33)/t13-,23+/m1/s1. The van der Waals surface area contributed by atoms with E-state index in [1.807, 2.05) is 0 Å². The zero-order valence-electron chi connectivity index (χ0n) is 18.5. The summed E-state index contributed by atoms with van der Waals surface area (Å²) in [4.78, 5) is 22.3. The van der Waals surface area contributed by atoms with E-state index in [-0.39, 0.29) is 33.4 Å². The maximum atomic E-state index is 14.0. The van der Waals surface area contributed by atoms with Gasteiger partial charge < -0.3 is 19.1 Å². The third-order valence-corrected chi connectivity index (χ3v) is 5.60. The summed E-state index contributed by atoms with van der Waals surface area (Å²) in [5, 5.41) is 8.69. The molecule has 6 nitrogen and oxygen atoms in total. The van der Waals surface area contributed by atoms with E-state index in [0.717, 1.165) is 35.0 Å². The first-order chi connectivity index (χ1) is 16.4. The average molecular weight is 514 g/mol. The molecule has 1 heterocycles. The first kappa shape index (κ1) is 26.1. The van der Waals surface area contributed by atoms with Gasteiger partial charge in [-0.15, -0.1) is 0 Å². The molecule has 35 heavy (non-hydrogen) atoms. The second-order valence-corrected chi connectivity index (χ2v) is 8.19. The van der Waals surface area contributed by atoms with Crippen LogP contribution in [0.3, 0.4) is 0 Å². The number of carboxylic acids is 1. The van der Waals surface area contributed by atoms with Crippen LogP contribution in [-0.4, -0.2) is 28.4 Å². The Balaban J connectivity index is 1.87. The van der Waals surface area contributed by atoms with E-state index in [4.69, 9.17) is 26.2 Å². The number of alkyl halides is 3. The van der Waals surface area contributed by atoms with Crippen molar-refractivity contribution in [2.75, 3.05) is 6.61 Å². The second kappa shape index (κ2) is 10.4. The average Bonchev–Trinajstić information content (AvgIpc) is 2.75. The first-order valence-corrected chi connectivity index (χ1v) is 10.6. The fourth-order valence-corrected chi connectivity index (χ4v) is 3.96. The van der Waals surface area contributed by atoms with Gasteiger partial charge in [0.15, 0.2) is 18.2 Å². The summed E-state index contributed by atoms with van der Waals surface area (Å²) >= 11 is 6.32. The summed E-state index contributed by atoms with van der Waals surface area (Å²) in [5.74, 6) is -5.19. The van der Waals surface area contributed by atoms with Crippen LogP contribution in [-0.2, 0) is 11.8 Å². The summed E-state index contributed by atoms with van der Waals surface area (Å²) in [6.07, 6.45) is -3.46. The van der Waals surface area contributed by atoms with E-state index in [0.29, 0.717) is 0 Å². The molecule has 0 amide bonds. The molecule has 1 N–H and O–H groups in total. The molecule has 2 atom stereocenters. The number of carbonyl (C=O) groups is 1. The molecule has 11 heteroatoms. The van der Waals surface area contributed by atoms with Gasteiger partial charge in [0.05, 0.1) is 5.92 Å². The number of carboxylic acid groups (broad SMARTS) is 1. The molecule has 0 saturated carbocycles. The Bertz CT molecular complexity index is 1290. The van der Waals surface area contributed by atoms with E-state index in [9.17, 15) is 27.2 Å². The first-order valence-electron chi connectivity index (χ1n) is 10.2. The molecule has 2 aromatic carbocycles. The predicted octanol–water partition coefficient (Wildman–Crippen LogP) is 5.88. The highest BCUT2D eigenvalue weighted by Crippen LogP contribution is 2.46. The van der Waals surface area contributed by atoms with Crippen LogP contribution < -0.4 is 15.0 Å². The number of halogens is 5. The molecule has 0 radical (unpaired) electrons. The van der Waals surface area contributed by atoms with E-state index >= 15 is 0 Å². The molecule has 0 unspecified atom stereocenters. The zero-order chi connectivity index (χ0) is 25.9. The highest BCUT2D eigenvalue weighted by atomic mass is 35.5. The Kier molecular flexibility index (Phi) is 7.74. The van der Waals surface area contributed by atoms with Crippen molar-refractivity contribution in [1.82, 2.24) is 4.57 Å². The number of nitrogens with zero attached hydrogens (tertiary/aromatic N) is 1. The number of aliphatic carboxylic acids is 1. The van der Waals surface area contributed by atoms with Crippen molar-refractivity contribution < 1.29 is 36.9 Å². The van der Waals surface area contributed by atoms with Gasteiger partial charge in [0, 0.05) is 30.4 Å². The van der Waals surface area contributed by atoms with Crippen LogP contribution in [0.5, 0.6) is 17.2 Å². The van der Waals surface area contributed by atoms with E-state index < -0.39 is 42.0 Å². The van der Waals surface area contributed by atoms with Gasteiger partial charge in [-0.1, -0.05) is 30.7 Å². The topological polar surface area (TPSA) is 77.8 Å². The predicted molar refractivity (Wildman–Crippen MR) is 120 cm³/mol. The minimum absolute atomic E-state index is 0.0125. The number of aromatic nitrogens is 1. The number of hydrogen-bond acceptors (Lipinski definition) is 4. The van der Waals surface area contributed by atoms with Crippen molar-refractivity contribution in [2.45, 2.75) is 24.9 Å². The number of aryl methyl sites for hydroxylation is 1. The summed E-state index contributed by atoms with van der Waals surface area (Å²) in [6, 6.07) is 9.79. The lowest BCUT2D eigenvalue weighted by molar-refractivity contribution is -0.155. The second-order valence-electron chi connectivity index (χ2n) is 7.78. The number of benzene rings is 2. The lowest BCUT2D eigenvalue weighted by atomic mass is 9.82. The van der Waals surface area contributed by atoms with E-state index in [1.54, 1.807) is 0 Å². The van der Waals surface area contributed by atoms with E-state index in [1.165, 1.54) is 38.2 Å². The highest BCUT2D eigenvalue weighted by molar-refractivity contribution is 6.31. The molecule has 0 bridgehead atoms. The Hall–Kier alpha value is -3.53.